The highest BCUT2D eigenvalue weighted by molar-refractivity contribution is 7.46. The highest BCUT2D eigenvalue weighted by Crippen LogP contribution is 2.03. The SMILES string of the molecule is CPc1ccc(C)cc1. The van der Waals surface area contributed by atoms with Crippen molar-refractivity contribution < 1.29 is 0 Å². The maximum atomic E-state index is 2.20. The van der Waals surface area contributed by atoms with E-state index in [1.165, 1.54) is 10.9 Å². The van der Waals surface area contributed by atoms with Gasteiger partial charge in [0, 0.05) is 0 Å². The van der Waals surface area contributed by atoms with E-state index < -0.39 is 0 Å². The lowest BCUT2D eigenvalue weighted by Crippen LogP contribution is -1.90. The molecule has 0 aromatic heterocycles. The van der Waals surface area contributed by atoms with Gasteiger partial charge in [0.05, 0.1) is 0 Å². The number of hydrogen-bond donors (Lipinski definition) is 0. The molecule has 0 bridgehead atoms. The summed E-state index contributed by atoms with van der Waals surface area (Å²) in [6, 6.07) is 8.69. The van der Waals surface area contributed by atoms with Crippen LogP contribution in [0.3, 0.4) is 0 Å². The first kappa shape index (κ1) is 6.77. The van der Waals surface area contributed by atoms with Crippen molar-refractivity contribution in [1.29, 1.82) is 0 Å². The van der Waals surface area contributed by atoms with Crippen LogP contribution in [0.1, 0.15) is 5.56 Å². The third-order valence-corrected chi connectivity index (χ3v) is 2.25. The summed E-state index contributed by atoms with van der Waals surface area (Å²) in [6.45, 7) is 4.31. The van der Waals surface area contributed by atoms with Crippen molar-refractivity contribution in [1.82, 2.24) is 0 Å². The second kappa shape index (κ2) is 2.98. The molecule has 0 amide bonds. The van der Waals surface area contributed by atoms with E-state index in [1.54, 1.807) is 0 Å². The molecule has 0 saturated carbocycles. The predicted molar refractivity (Wildman–Crippen MR) is 45.1 cm³/mol. The van der Waals surface area contributed by atoms with Crippen LogP contribution in [0.5, 0.6) is 0 Å². The zero-order chi connectivity index (χ0) is 6.69. The Morgan fingerprint density at radius 2 is 1.67 bits per heavy atom. The van der Waals surface area contributed by atoms with E-state index in [1.807, 2.05) is 0 Å². The molecule has 0 fully saturated rings. The summed E-state index contributed by atoms with van der Waals surface area (Å²) >= 11 is 0. The largest absolute Gasteiger partial charge is 0.0936 e. The van der Waals surface area contributed by atoms with Crippen LogP contribution in [-0.2, 0) is 0 Å². The quantitative estimate of drug-likeness (QED) is 0.520. The van der Waals surface area contributed by atoms with E-state index in [0.717, 1.165) is 8.58 Å². The monoisotopic (exact) mass is 138 g/mol. The van der Waals surface area contributed by atoms with Crippen molar-refractivity contribution in [2.24, 2.45) is 0 Å². The van der Waals surface area contributed by atoms with Crippen LogP contribution in [0.4, 0.5) is 0 Å². The number of benzene rings is 1. The maximum absolute atomic E-state index is 2.20. The smallest absolute Gasteiger partial charge is 0.0274 e. The van der Waals surface area contributed by atoms with E-state index in [4.69, 9.17) is 0 Å². The summed E-state index contributed by atoms with van der Waals surface area (Å²) in [5.74, 6) is 0. The molecular weight excluding hydrogens is 127 g/mol. The Hall–Kier alpha value is -0.350. The fraction of sp³-hybridized carbons (Fsp3) is 0.250. The van der Waals surface area contributed by atoms with Crippen molar-refractivity contribution in [3.05, 3.63) is 29.8 Å². The van der Waals surface area contributed by atoms with Crippen LogP contribution >= 0.6 is 8.58 Å². The van der Waals surface area contributed by atoms with Crippen molar-refractivity contribution in [2.45, 2.75) is 6.92 Å². The van der Waals surface area contributed by atoms with Gasteiger partial charge in [0.1, 0.15) is 0 Å². The summed E-state index contributed by atoms with van der Waals surface area (Å²) in [5, 5.41) is 1.45. The second-order valence-corrected chi connectivity index (χ2v) is 3.19. The molecule has 0 heterocycles. The van der Waals surface area contributed by atoms with Crippen molar-refractivity contribution in [2.75, 3.05) is 6.66 Å². The van der Waals surface area contributed by atoms with Crippen molar-refractivity contribution in [3.8, 4) is 0 Å². The fourth-order valence-electron chi connectivity index (χ4n) is 0.720. The Labute approximate surface area is 58.1 Å². The minimum Gasteiger partial charge on any atom is -0.0936 e. The van der Waals surface area contributed by atoms with Crippen LogP contribution in [0, 0.1) is 6.92 Å². The lowest BCUT2D eigenvalue weighted by Gasteiger charge is -1.94. The van der Waals surface area contributed by atoms with E-state index in [2.05, 4.69) is 37.9 Å². The summed E-state index contributed by atoms with van der Waals surface area (Å²) in [6.07, 6.45) is 0. The molecule has 9 heavy (non-hydrogen) atoms. The highest BCUT2D eigenvalue weighted by atomic mass is 31.1. The van der Waals surface area contributed by atoms with E-state index in [0.29, 0.717) is 0 Å². The third kappa shape index (κ3) is 1.80. The number of aryl methyl sites for hydroxylation is 1. The molecule has 1 atom stereocenters. The van der Waals surface area contributed by atoms with Gasteiger partial charge in [-0.2, -0.15) is 0 Å². The average molecular weight is 138 g/mol. The van der Waals surface area contributed by atoms with Crippen LogP contribution in [0.25, 0.3) is 0 Å². The predicted octanol–water partition coefficient (Wildman–Crippen LogP) is 1.93. The van der Waals surface area contributed by atoms with Gasteiger partial charge in [0.25, 0.3) is 0 Å². The van der Waals surface area contributed by atoms with Crippen molar-refractivity contribution in [3.63, 3.8) is 0 Å². The minimum absolute atomic E-state index is 0.926. The average Bonchev–Trinajstić information content (AvgIpc) is 1.90. The number of hydrogen-bond acceptors (Lipinski definition) is 0. The van der Waals surface area contributed by atoms with Crippen LogP contribution in [-0.4, -0.2) is 6.66 Å². The molecule has 48 valence electrons. The van der Waals surface area contributed by atoms with E-state index >= 15 is 0 Å². The van der Waals surface area contributed by atoms with Gasteiger partial charge in [-0.25, -0.2) is 0 Å². The Morgan fingerprint density at radius 1 is 1.11 bits per heavy atom. The van der Waals surface area contributed by atoms with Gasteiger partial charge in [-0.05, 0) is 18.9 Å². The molecule has 1 aromatic rings. The normalized spacial score (nSPS) is 10.9. The summed E-state index contributed by atoms with van der Waals surface area (Å²) in [5.41, 5.74) is 1.34. The molecule has 0 N–H and O–H groups in total. The zero-order valence-electron chi connectivity index (χ0n) is 5.81. The van der Waals surface area contributed by atoms with Gasteiger partial charge in [0.15, 0.2) is 0 Å². The molecule has 0 radical (unpaired) electrons. The Kier molecular flexibility index (Phi) is 2.24. The Bertz CT molecular complexity index is 176. The van der Waals surface area contributed by atoms with Gasteiger partial charge >= 0.3 is 0 Å². The minimum atomic E-state index is 0.926. The lowest BCUT2D eigenvalue weighted by molar-refractivity contribution is 1.49. The van der Waals surface area contributed by atoms with Crippen molar-refractivity contribution >= 4 is 13.9 Å². The number of rotatable bonds is 1. The molecule has 0 spiro atoms. The lowest BCUT2D eigenvalue weighted by atomic mass is 10.2. The van der Waals surface area contributed by atoms with Gasteiger partial charge < -0.3 is 0 Å². The molecule has 1 rings (SSSR count). The van der Waals surface area contributed by atoms with E-state index in [-0.39, 0.29) is 0 Å². The van der Waals surface area contributed by atoms with Gasteiger partial charge in [0.2, 0.25) is 0 Å². The van der Waals surface area contributed by atoms with Crippen LogP contribution in [0.2, 0.25) is 0 Å². The fourth-order valence-corrected chi connectivity index (χ4v) is 1.22. The molecule has 0 aliphatic heterocycles. The molecule has 1 aromatic carbocycles. The first-order valence-electron chi connectivity index (χ1n) is 3.07. The van der Waals surface area contributed by atoms with Crippen LogP contribution < -0.4 is 5.30 Å². The first-order chi connectivity index (χ1) is 4.33. The highest BCUT2D eigenvalue weighted by Gasteiger charge is 1.84. The topological polar surface area (TPSA) is 0 Å². The Morgan fingerprint density at radius 3 is 2.11 bits per heavy atom. The van der Waals surface area contributed by atoms with E-state index in [9.17, 15) is 0 Å². The molecule has 0 saturated heterocycles. The molecule has 0 aliphatic carbocycles. The molecule has 0 aliphatic rings. The first-order valence-corrected chi connectivity index (χ1v) is 4.57. The Balaban J connectivity index is 2.88. The molecule has 1 unspecified atom stereocenters. The standard InChI is InChI=1S/C8H11P/c1-7-3-5-8(9-2)6-4-7/h3-6,9H,1-2H3. The maximum Gasteiger partial charge on any atom is -0.0274 e. The third-order valence-electron chi connectivity index (χ3n) is 1.34. The molecule has 1 heteroatoms. The van der Waals surface area contributed by atoms with Gasteiger partial charge in [-0.1, -0.05) is 38.4 Å². The zero-order valence-corrected chi connectivity index (χ0v) is 6.81. The summed E-state index contributed by atoms with van der Waals surface area (Å²) < 4.78 is 0. The molecule has 0 nitrogen and oxygen atoms in total. The summed E-state index contributed by atoms with van der Waals surface area (Å²) in [4.78, 5) is 0. The van der Waals surface area contributed by atoms with Crippen LogP contribution in [0.15, 0.2) is 24.3 Å². The summed E-state index contributed by atoms with van der Waals surface area (Å²) in [7, 11) is 0.926. The second-order valence-electron chi connectivity index (χ2n) is 2.12. The van der Waals surface area contributed by atoms with Gasteiger partial charge in [-0.3, -0.25) is 0 Å². The molecular formula is C8H11P. The van der Waals surface area contributed by atoms with Gasteiger partial charge in [-0.15, -0.1) is 0 Å².